The smallest absolute Gasteiger partial charge is 0.332 e. The Morgan fingerprint density at radius 2 is 1.53 bits per heavy atom. The van der Waals surface area contributed by atoms with Crippen molar-refractivity contribution in [3.05, 3.63) is 0 Å². The van der Waals surface area contributed by atoms with Crippen molar-refractivity contribution in [2.24, 2.45) is 0 Å². The standard InChI is InChI=1S/C10H16N4O2S/c1-17-8(11)14(9(15)12-6-2-3-6)10(16)13-7-4-5-7/h6-7,11H,2-5H2,1H3,(H,12,15)(H,13,16). The van der Waals surface area contributed by atoms with E-state index >= 15 is 0 Å². The Morgan fingerprint density at radius 3 is 1.82 bits per heavy atom. The fraction of sp³-hybridized carbons (Fsp3) is 0.700. The van der Waals surface area contributed by atoms with E-state index in [4.69, 9.17) is 5.41 Å². The van der Waals surface area contributed by atoms with E-state index in [0.717, 1.165) is 42.3 Å². The van der Waals surface area contributed by atoms with Crippen LogP contribution in [0.3, 0.4) is 0 Å². The maximum absolute atomic E-state index is 11.8. The number of hydrogen-bond donors (Lipinski definition) is 3. The molecule has 0 aliphatic heterocycles. The molecule has 0 unspecified atom stereocenters. The molecule has 4 amide bonds. The molecule has 0 saturated heterocycles. The van der Waals surface area contributed by atoms with E-state index in [1.807, 2.05) is 0 Å². The van der Waals surface area contributed by atoms with Gasteiger partial charge in [0.15, 0.2) is 5.17 Å². The molecule has 2 saturated carbocycles. The van der Waals surface area contributed by atoms with E-state index in [-0.39, 0.29) is 17.3 Å². The molecular weight excluding hydrogens is 240 g/mol. The molecule has 2 fully saturated rings. The largest absolute Gasteiger partial charge is 0.334 e. The van der Waals surface area contributed by atoms with Crippen molar-refractivity contribution in [2.75, 3.05) is 6.26 Å². The van der Waals surface area contributed by atoms with Crippen molar-refractivity contribution in [1.82, 2.24) is 15.5 Å². The van der Waals surface area contributed by atoms with Gasteiger partial charge in [-0.3, -0.25) is 5.41 Å². The van der Waals surface area contributed by atoms with Crippen molar-refractivity contribution < 1.29 is 9.59 Å². The third kappa shape index (κ3) is 3.36. The van der Waals surface area contributed by atoms with Crippen LogP contribution >= 0.6 is 11.8 Å². The van der Waals surface area contributed by atoms with Crippen molar-refractivity contribution in [3.63, 3.8) is 0 Å². The molecule has 0 heterocycles. The van der Waals surface area contributed by atoms with Gasteiger partial charge in [0.2, 0.25) is 0 Å². The highest BCUT2D eigenvalue weighted by Gasteiger charge is 2.33. The number of nitrogens with one attached hydrogen (secondary N) is 3. The van der Waals surface area contributed by atoms with Crippen LogP contribution in [0, 0.1) is 5.41 Å². The van der Waals surface area contributed by atoms with Crippen LogP contribution < -0.4 is 10.6 Å². The summed E-state index contributed by atoms with van der Waals surface area (Å²) in [4.78, 5) is 24.6. The Morgan fingerprint density at radius 1 is 1.12 bits per heavy atom. The second-order valence-electron chi connectivity index (χ2n) is 4.29. The van der Waals surface area contributed by atoms with Crippen molar-refractivity contribution in [1.29, 1.82) is 5.41 Å². The Kier molecular flexibility index (Phi) is 3.56. The van der Waals surface area contributed by atoms with E-state index in [1.54, 1.807) is 6.26 Å². The highest BCUT2D eigenvalue weighted by Crippen LogP contribution is 2.21. The molecule has 7 heteroatoms. The van der Waals surface area contributed by atoms with E-state index in [9.17, 15) is 9.59 Å². The van der Waals surface area contributed by atoms with Crippen LogP contribution in [-0.2, 0) is 0 Å². The summed E-state index contributed by atoms with van der Waals surface area (Å²) in [6.07, 6.45) is 5.49. The average molecular weight is 256 g/mol. The number of imide groups is 1. The molecule has 17 heavy (non-hydrogen) atoms. The maximum Gasteiger partial charge on any atom is 0.332 e. The third-order valence-electron chi connectivity index (χ3n) is 2.61. The molecule has 2 aliphatic carbocycles. The van der Waals surface area contributed by atoms with Crippen molar-refractivity contribution in [2.45, 2.75) is 37.8 Å². The number of amidine groups is 1. The molecule has 0 radical (unpaired) electrons. The Labute approximate surface area is 104 Å². The third-order valence-corrected chi connectivity index (χ3v) is 3.18. The van der Waals surface area contributed by atoms with E-state index in [0.29, 0.717) is 0 Å². The molecule has 2 aliphatic rings. The van der Waals surface area contributed by atoms with Crippen LogP contribution in [0.5, 0.6) is 0 Å². The minimum absolute atomic E-state index is 0.0544. The Bertz CT molecular complexity index is 326. The molecule has 0 aromatic heterocycles. The molecular formula is C10H16N4O2S. The van der Waals surface area contributed by atoms with Gasteiger partial charge in [-0.25, -0.2) is 9.59 Å². The number of carbonyl (C=O) groups is 2. The molecule has 0 spiro atoms. The first-order valence-electron chi connectivity index (χ1n) is 5.65. The molecule has 94 valence electrons. The fourth-order valence-electron chi connectivity index (χ4n) is 1.30. The molecule has 6 nitrogen and oxygen atoms in total. The van der Waals surface area contributed by atoms with Gasteiger partial charge < -0.3 is 10.6 Å². The van der Waals surface area contributed by atoms with Gasteiger partial charge in [0.1, 0.15) is 0 Å². The van der Waals surface area contributed by atoms with E-state index in [1.165, 1.54) is 0 Å². The summed E-state index contributed by atoms with van der Waals surface area (Å²) < 4.78 is 0. The van der Waals surface area contributed by atoms with Crippen molar-refractivity contribution in [3.8, 4) is 0 Å². The average Bonchev–Trinajstić information content (AvgIpc) is 3.13. The van der Waals surface area contributed by atoms with Crippen LogP contribution in [0.4, 0.5) is 9.59 Å². The number of hydrogen-bond acceptors (Lipinski definition) is 4. The summed E-state index contributed by atoms with van der Waals surface area (Å²) in [5.41, 5.74) is 0. The van der Waals surface area contributed by atoms with Gasteiger partial charge in [-0.2, -0.15) is 4.90 Å². The van der Waals surface area contributed by atoms with Crippen molar-refractivity contribution >= 4 is 29.0 Å². The quantitative estimate of drug-likeness (QED) is 0.514. The second-order valence-corrected chi connectivity index (χ2v) is 5.09. The van der Waals surface area contributed by atoms with Crippen LogP contribution in [-0.4, -0.2) is 40.5 Å². The summed E-state index contributed by atoms with van der Waals surface area (Å²) >= 11 is 1.07. The number of amides is 4. The molecule has 0 atom stereocenters. The summed E-state index contributed by atoms with van der Waals surface area (Å²) in [7, 11) is 0. The van der Waals surface area contributed by atoms with Gasteiger partial charge in [0.05, 0.1) is 0 Å². The number of carbonyl (C=O) groups excluding carboxylic acids is 2. The first-order valence-corrected chi connectivity index (χ1v) is 6.88. The SMILES string of the molecule is CSC(=N)N(C(=O)NC1CC1)C(=O)NC1CC1. The van der Waals surface area contributed by atoms with Gasteiger partial charge in [-0.1, -0.05) is 11.8 Å². The maximum atomic E-state index is 11.8. The van der Waals surface area contributed by atoms with Gasteiger partial charge in [-0.05, 0) is 31.9 Å². The van der Waals surface area contributed by atoms with Crippen LogP contribution in [0.15, 0.2) is 0 Å². The summed E-state index contributed by atoms with van der Waals surface area (Å²) in [5, 5.41) is 13.0. The zero-order valence-corrected chi connectivity index (χ0v) is 10.5. The van der Waals surface area contributed by atoms with E-state index in [2.05, 4.69) is 10.6 Å². The lowest BCUT2D eigenvalue weighted by atomic mass is 10.6. The van der Waals surface area contributed by atoms with Gasteiger partial charge in [-0.15, -0.1) is 0 Å². The zero-order chi connectivity index (χ0) is 12.4. The monoisotopic (exact) mass is 256 g/mol. The highest BCUT2D eigenvalue weighted by atomic mass is 32.2. The van der Waals surface area contributed by atoms with Crippen LogP contribution in [0.1, 0.15) is 25.7 Å². The summed E-state index contributed by atoms with van der Waals surface area (Å²) in [5.74, 6) is 0. The summed E-state index contributed by atoms with van der Waals surface area (Å²) in [6, 6.07) is -0.642. The first kappa shape index (κ1) is 12.2. The molecule has 0 aromatic carbocycles. The second kappa shape index (κ2) is 4.95. The number of nitrogens with zero attached hydrogens (tertiary/aromatic N) is 1. The first-order chi connectivity index (χ1) is 8.11. The lowest BCUT2D eigenvalue weighted by molar-refractivity contribution is 0.205. The molecule has 0 bridgehead atoms. The summed E-state index contributed by atoms with van der Waals surface area (Å²) in [6.45, 7) is 0. The Hall–Kier alpha value is -1.24. The molecule has 2 rings (SSSR count). The van der Waals surface area contributed by atoms with E-state index < -0.39 is 12.1 Å². The minimum atomic E-state index is -0.495. The topological polar surface area (TPSA) is 85.3 Å². The predicted octanol–water partition coefficient (Wildman–Crippen LogP) is 1.33. The molecule has 0 aromatic rings. The Balaban J connectivity index is 1.96. The predicted molar refractivity (Wildman–Crippen MR) is 66.2 cm³/mol. The normalized spacial score (nSPS) is 18.4. The number of thioether (sulfide) groups is 1. The van der Waals surface area contributed by atoms with Gasteiger partial charge in [0, 0.05) is 12.1 Å². The van der Waals surface area contributed by atoms with Gasteiger partial charge in [0.25, 0.3) is 0 Å². The zero-order valence-electron chi connectivity index (χ0n) is 9.66. The van der Waals surface area contributed by atoms with Crippen LogP contribution in [0.2, 0.25) is 0 Å². The number of rotatable bonds is 2. The lowest BCUT2D eigenvalue weighted by Crippen LogP contribution is -2.51. The number of urea groups is 2. The fourth-order valence-corrected chi connectivity index (χ4v) is 1.65. The highest BCUT2D eigenvalue weighted by molar-refractivity contribution is 8.13. The van der Waals surface area contributed by atoms with Gasteiger partial charge >= 0.3 is 12.1 Å². The molecule has 3 N–H and O–H groups in total. The minimum Gasteiger partial charge on any atom is -0.334 e. The van der Waals surface area contributed by atoms with Crippen LogP contribution in [0.25, 0.3) is 0 Å². The lowest BCUT2D eigenvalue weighted by Gasteiger charge is -2.20.